The van der Waals surface area contributed by atoms with E-state index in [9.17, 15) is 0 Å². The lowest BCUT2D eigenvalue weighted by atomic mass is 9.84. The van der Waals surface area contributed by atoms with Crippen molar-refractivity contribution in [3.63, 3.8) is 0 Å². The van der Waals surface area contributed by atoms with Gasteiger partial charge in [0.1, 0.15) is 0 Å². The third-order valence-electron chi connectivity index (χ3n) is 2.77. The molecule has 0 amide bonds. The van der Waals surface area contributed by atoms with Crippen LogP contribution in [0.3, 0.4) is 0 Å². The van der Waals surface area contributed by atoms with Gasteiger partial charge in [0.25, 0.3) is 0 Å². The quantitative estimate of drug-likeness (QED) is 0.344. The Labute approximate surface area is 79.2 Å². The number of rotatable bonds is 2. The normalized spacial score (nSPS) is 30.2. The molecule has 0 aromatic heterocycles. The summed E-state index contributed by atoms with van der Waals surface area (Å²) in [6.45, 7) is 2.21. The number of nitrogens with two attached hydrogens (primary N) is 1. The molecule has 0 radical (unpaired) electrons. The van der Waals surface area contributed by atoms with E-state index < -0.39 is 0 Å². The molecule has 1 rings (SSSR count). The van der Waals surface area contributed by atoms with E-state index in [1.165, 1.54) is 19.3 Å². The SMILES string of the molecule is CCC1CCCC(N=C(N)NO)C1. The van der Waals surface area contributed by atoms with Crippen LogP contribution in [0.4, 0.5) is 0 Å². The number of hydrogen-bond acceptors (Lipinski definition) is 2. The van der Waals surface area contributed by atoms with Gasteiger partial charge in [0.2, 0.25) is 5.96 Å². The number of hydroxylamine groups is 1. The highest BCUT2D eigenvalue weighted by Crippen LogP contribution is 2.28. The Morgan fingerprint density at radius 3 is 3.00 bits per heavy atom. The van der Waals surface area contributed by atoms with Gasteiger partial charge in [-0.15, -0.1) is 0 Å². The molecule has 0 bridgehead atoms. The summed E-state index contributed by atoms with van der Waals surface area (Å²) >= 11 is 0. The molecular weight excluding hydrogens is 166 g/mol. The minimum absolute atomic E-state index is 0.141. The van der Waals surface area contributed by atoms with Crippen LogP contribution in [0.15, 0.2) is 4.99 Å². The van der Waals surface area contributed by atoms with E-state index in [-0.39, 0.29) is 5.96 Å². The molecule has 0 aromatic carbocycles. The van der Waals surface area contributed by atoms with Crippen molar-refractivity contribution in [2.45, 2.75) is 45.1 Å². The predicted octanol–water partition coefficient (Wildman–Crippen LogP) is 1.25. The van der Waals surface area contributed by atoms with Crippen LogP contribution in [0.25, 0.3) is 0 Å². The Balaban J connectivity index is 2.42. The van der Waals surface area contributed by atoms with Gasteiger partial charge in [0.05, 0.1) is 6.04 Å². The third-order valence-corrected chi connectivity index (χ3v) is 2.77. The fraction of sp³-hybridized carbons (Fsp3) is 0.889. The number of nitrogens with zero attached hydrogens (tertiary/aromatic N) is 1. The zero-order valence-electron chi connectivity index (χ0n) is 8.16. The Morgan fingerprint density at radius 2 is 2.38 bits per heavy atom. The molecule has 1 aliphatic carbocycles. The van der Waals surface area contributed by atoms with E-state index in [1.807, 2.05) is 5.48 Å². The molecule has 4 heteroatoms. The van der Waals surface area contributed by atoms with Crippen molar-refractivity contribution in [3.8, 4) is 0 Å². The minimum Gasteiger partial charge on any atom is -0.368 e. The van der Waals surface area contributed by atoms with E-state index in [0.29, 0.717) is 6.04 Å². The summed E-state index contributed by atoms with van der Waals surface area (Å²) in [6.07, 6.45) is 5.97. The number of guanidine groups is 1. The Bertz CT molecular complexity index is 182. The second kappa shape index (κ2) is 5.07. The van der Waals surface area contributed by atoms with Gasteiger partial charge in [-0.2, -0.15) is 0 Å². The number of aliphatic imine (C=N–C) groups is 1. The van der Waals surface area contributed by atoms with Gasteiger partial charge in [0.15, 0.2) is 0 Å². The number of nitrogens with one attached hydrogen (secondary N) is 1. The van der Waals surface area contributed by atoms with Gasteiger partial charge in [-0.3, -0.25) is 5.21 Å². The molecule has 0 spiro atoms. The number of hydrogen-bond donors (Lipinski definition) is 3. The smallest absolute Gasteiger partial charge is 0.213 e. The van der Waals surface area contributed by atoms with Crippen molar-refractivity contribution in [2.75, 3.05) is 0 Å². The topological polar surface area (TPSA) is 70.6 Å². The largest absolute Gasteiger partial charge is 0.368 e. The molecule has 4 N–H and O–H groups in total. The van der Waals surface area contributed by atoms with Crippen molar-refractivity contribution in [3.05, 3.63) is 0 Å². The zero-order valence-corrected chi connectivity index (χ0v) is 8.16. The van der Waals surface area contributed by atoms with Gasteiger partial charge in [-0.25, -0.2) is 10.5 Å². The fourth-order valence-electron chi connectivity index (χ4n) is 1.98. The minimum atomic E-state index is 0.141. The fourth-order valence-corrected chi connectivity index (χ4v) is 1.98. The van der Waals surface area contributed by atoms with Crippen LogP contribution in [0.5, 0.6) is 0 Å². The molecule has 76 valence electrons. The highest BCUT2D eigenvalue weighted by Gasteiger charge is 2.20. The molecule has 13 heavy (non-hydrogen) atoms. The van der Waals surface area contributed by atoms with Gasteiger partial charge in [-0.1, -0.05) is 26.2 Å². The van der Waals surface area contributed by atoms with Crippen LogP contribution in [-0.2, 0) is 0 Å². The lowest BCUT2D eigenvalue weighted by molar-refractivity contribution is 0.230. The maximum Gasteiger partial charge on any atom is 0.213 e. The van der Waals surface area contributed by atoms with Crippen molar-refractivity contribution < 1.29 is 5.21 Å². The van der Waals surface area contributed by atoms with Gasteiger partial charge >= 0.3 is 0 Å². The highest BCUT2D eigenvalue weighted by atomic mass is 16.5. The first-order chi connectivity index (χ1) is 6.26. The first kappa shape index (κ1) is 10.3. The van der Waals surface area contributed by atoms with Gasteiger partial charge in [-0.05, 0) is 18.8 Å². The standard InChI is InChI=1S/C9H19N3O/c1-2-7-4-3-5-8(6-7)11-9(10)12-13/h7-8,13H,2-6H2,1H3,(H3,10,11,12). The molecule has 0 aromatic rings. The van der Waals surface area contributed by atoms with Crippen molar-refractivity contribution in [2.24, 2.45) is 16.6 Å². The molecular formula is C9H19N3O. The van der Waals surface area contributed by atoms with E-state index in [1.54, 1.807) is 0 Å². The van der Waals surface area contributed by atoms with Crippen molar-refractivity contribution in [1.82, 2.24) is 5.48 Å². The van der Waals surface area contributed by atoms with Gasteiger partial charge in [0, 0.05) is 0 Å². The molecule has 1 fully saturated rings. The van der Waals surface area contributed by atoms with E-state index in [0.717, 1.165) is 18.8 Å². The summed E-state index contributed by atoms with van der Waals surface area (Å²) in [5.74, 6) is 0.927. The molecule has 4 nitrogen and oxygen atoms in total. The monoisotopic (exact) mass is 185 g/mol. The van der Waals surface area contributed by atoms with Crippen LogP contribution >= 0.6 is 0 Å². The molecule has 0 heterocycles. The highest BCUT2D eigenvalue weighted by molar-refractivity contribution is 5.76. The maximum atomic E-state index is 8.48. The summed E-state index contributed by atoms with van der Waals surface area (Å²) in [4.78, 5) is 4.19. The van der Waals surface area contributed by atoms with E-state index >= 15 is 0 Å². The average Bonchev–Trinajstić information content (AvgIpc) is 2.18. The summed E-state index contributed by atoms with van der Waals surface area (Å²) in [5.41, 5.74) is 7.25. The van der Waals surface area contributed by atoms with Crippen LogP contribution in [0.1, 0.15) is 39.0 Å². The average molecular weight is 185 g/mol. The zero-order chi connectivity index (χ0) is 9.68. The lowest BCUT2D eigenvalue weighted by Gasteiger charge is -2.25. The molecule has 2 atom stereocenters. The predicted molar refractivity (Wildman–Crippen MR) is 52.6 cm³/mol. The van der Waals surface area contributed by atoms with Crippen molar-refractivity contribution >= 4 is 5.96 Å². The van der Waals surface area contributed by atoms with Crippen LogP contribution < -0.4 is 11.2 Å². The van der Waals surface area contributed by atoms with E-state index in [4.69, 9.17) is 10.9 Å². The molecule has 1 aliphatic rings. The Morgan fingerprint density at radius 1 is 1.62 bits per heavy atom. The first-order valence-corrected chi connectivity index (χ1v) is 4.99. The van der Waals surface area contributed by atoms with Crippen LogP contribution in [0.2, 0.25) is 0 Å². The molecule has 1 saturated carbocycles. The lowest BCUT2D eigenvalue weighted by Crippen LogP contribution is -2.31. The second-order valence-electron chi connectivity index (χ2n) is 3.72. The summed E-state index contributed by atoms with van der Waals surface area (Å²) in [7, 11) is 0. The third kappa shape index (κ3) is 3.22. The molecule has 0 saturated heterocycles. The second-order valence-corrected chi connectivity index (χ2v) is 3.72. The van der Waals surface area contributed by atoms with Crippen molar-refractivity contribution in [1.29, 1.82) is 0 Å². The Hall–Kier alpha value is -0.770. The van der Waals surface area contributed by atoms with E-state index in [2.05, 4.69) is 11.9 Å². The summed E-state index contributed by atoms with van der Waals surface area (Å²) < 4.78 is 0. The maximum absolute atomic E-state index is 8.48. The first-order valence-electron chi connectivity index (χ1n) is 4.99. The summed E-state index contributed by atoms with van der Waals surface area (Å²) in [5, 5.41) is 8.48. The van der Waals surface area contributed by atoms with Crippen LogP contribution in [0, 0.1) is 5.92 Å². The molecule has 0 aliphatic heterocycles. The Kier molecular flexibility index (Phi) is 4.02. The van der Waals surface area contributed by atoms with Crippen LogP contribution in [-0.4, -0.2) is 17.2 Å². The summed E-state index contributed by atoms with van der Waals surface area (Å²) in [6, 6.07) is 0.304. The molecule has 2 unspecified atom stereocenters. The van der Waals surface area contributed by atoms with Gasteiger partial charge < -0.3 is 5.73 Å².